The van der Waals surface area contributed by atoms with Gasteiger partial charge in [0.25, 0.3) is 10.1 Å². The molecule has 0 aromatic heterocycles. The molecule has 1 aromatic carbocycles. The van der Waals surface area contributed by atoms with Crippen molar-refractivity contribution in [3.63, 3.8) is 0 Å². The fourth-order valence-corrected chi connectivity index (χ4v) is 1.82. The summed E-state index contributed by atoms with van der Waals surface area (Å²) in [4.78, 5) is 0.0906. The van der Waals surface area contributed by atoms with Gasteiger partial charge < -0.3 is 11.9 Å². The predicted molar refractivity (Wildman–Crippen MR) is 57.0 cm³/mol. The number of hydrogen-bond donors (Lipinski definition) is 1. The van der Waals surface area contributed by atoms with Gasteiger partial charge in [-0.2, -0.15) is 8.42 Å². The Morgan fingerprint density at radius 3 is 2.31 bits per heavy atom. The summed E-state index contributed by atoms with van der Waals surface area (Å²) in [6.07, 6.45) is 0. The van der Waals surface area contributed by atoms with E-state index in [1.54, 1.807) is 0 Å². The first kappa shape index (κ1) is 15.9. The molecule has 0 spiro atoms. The Kier molecular flexibility index (Phi) is 7.21. The number of anilines is 1. The van der Waals surface area contributed by atoms with Gasteiger partial charge in [-0.25, -0.2) is 0 Å². The Morgan fingerprint density at radius 1 is 1.25 bits per heavy atom. The summed E-state index contributed by atoms with van der Waals surface area (Å²) in [5.41, 5.74) is 5.94. The van der Waals surface area contributed by atoms with E-state index in [2.05, 4.69) is 4.74 Å². The van der Waals surface area contributed by atoms with Crippen molar-refractivity contribution in [1.82, 2.24) is 0 Å². The maximum absolute atomic E-state index is 11.5. The van der Waals surface area contributed by atoms with Crippen LogP contribution in [0.5, 0.6) is 0 Å². The molecule has 0 atom stereocenters. The van der Waals surface area contributed by atoms with Crippen LogP contribution in [0.2, 0.25) is 0 Å². The maximum Gasteiger partial charge on any atom is 1.00 e. The maximum atomic E-state index is 11.5. The first-order valence-electron chi connectivity index (χ1n) is 4.30. The van der Waals surface area contributed by atoms with E-state index < -0.39 is 10.1 Å². The third-order valence-electron chi connectivity index (χ3n) is 1.69. The zero-order chi connectivity index (χ0) is 11.3. The Balaban J connectivity index is 0. The van der Waals surface area contributed by atoms with Crippen molar-refractivity contribution < 1.29 is 48.3 Å². The second-order valence-corrected chi connectivity index (χ2v) is 4.45. The molecular formula is C9H14NNaO4S. The molecule has 0 heterocycles. The van der Waals surface area contributed by atoms with Crippen LogP contribution < -0.4 is 35.3 Å². The summed E-state index contributed by atoms with van der Waals surface area (Å²) in [5, 5.41) is 0. The predicted octanol–water partition coefficient (Wildman–Crippen LogP) is -2.26. The molecular weight excluding hydrogens is 241 g/mol. The molecule has 0 fully saturated rings. The Labute approximate surface area is 119 Å². The number of benzene rings is 1. The van der Waals surface area contributed by atoms with Crippen LogP contribution >= 0.6 is 0 Å². The average Bonchev–Trinajstić information content (AvgIpc) is 2.18. The van der Waals surface area contributed by atoms with Crippen LogP contribution in [0.25, 0.3) is 0 Å². The van der Waals surface area contributed by atoms with Crippen molar-refractivity contribution in [1.29, 1.82) is 0 Å². The first-order valence-corrected chi connectivity index (χ1v) is 5.71. The van der Waals surface area contributed by atoms with E-state index in [1.807, 2.05) is 0 Å². The number of nitrogen functional groups attached to an aromatic ring is 1. The number of nitrogens with two attached hydrogens (primary N) is 1. The number of rotatable bonds is 5. The standard InChI is InChI=1S/C9H13NO4S.Na.H/c1-13-6-7-14-15(11,12)9-4-2-8(10)3-5-9;;/h2-5H,6-7,10H2,1H3;;/q;+1;-1. The summed E-state index contributed by atoms with van der Waals surface area (Å²) in [5.74, 6) is 0. The minimum atomic E-state index is -3.68. The quantitative estimate of drug-likeness (QED) is 0.278. The molecule has 16 heavy (non-hydrogen) atoms. The normalized spacial score (nSPS) is 10.8. The molecule has 0 amide bonds. The van der Waals surface area contributed by atoms with Crippen molar-refractivity contribution in [3.05, 3.63) is 24.3 Å². The van der Waals surface area contributed by atoms with Gasteiger partial charge in [-0.3, -0.25) is 4.18 Å². The van der Waals surface area contributed by atoms with Crippen molar-refractivity contribution >= 4 is 15.8 Å². The van der Waals surface area contributed by atoms with E-state index in [1.165, 1.54) is 31.4 Å². The van der Waals surface area contributed by atoms with E-state index in [-0.39, 0.29) is 49.1 Å². The second-order valence-electron chi connectivity index (χ2n) is 2.84. The van der Waals surface area contributed by atoms with Crippen LogP contribution in [0.15, 0.2) is 29.2 Å². The van der Waals surface area contributed by atoms with Crippen molar-refractivity contribution in [3.8, 4) is 0 Å². The summed E-state index contributed by atoms with van der Waals surface area (Å²) in [6, 6.07) is 5.81. The van der Waals surface area contributed by atoms with Crippen LogP contribution in [0.1, 0.15) is 1.43 Å². The molecule has 1 aromatic rings. The Morgan fingerprint density at radius 2 is 1.81 bits per heavy atom. The third-order valence-corrected chi connectivity index (χ3v) is 3.02. The minimum Gasteiger partial charge on any atom is -1.00 e. The molecule has 0 aliphatic carbocycles. The van der Waals surface area contributed by atoms with Gasteiger partial charge >= 0.3 is 29.6 Å². The van der Waals surface area contributed by atoms with E-state index in [0.717, 1.165) is 0 Å². The number of hydrogen-bond acceptors (Lipinski definition) is 5. The summed E-state index contributed by atoms with van der Waals surface area (Å²) in [7, 11) is -2.21. The first-order chi connectivity index (χ1) is 7.06. The van der Waals surface area contributed by atoms with Gasteiger partial charge in [0, 0.05) is 12.8 Å². The molecule has 0 aliphatic heterocycles. The zero-order valence-corrected chi connectivity index (χ0v) is 12.2. The van der Waals surface area contributed by atoms with Gasteiger partial charge in [0.15, 0.2) is 0 Å². The van der Waals surface area contributed by atoms with Crippen molar-refractivity contribution in [2.24, 2.45) is 0 Å². The molecule has 1 rings (SSSR count). The molecule has 0 radical (unpaired) electrons. The summed E-state index contributed by atoms with van der Waals surface area (Å²) < 4.78 is 32.4. The van der Waals surface area contributed by atoms with Gasteiger partial charge in [0.2, 0.25) is 0 Å². The molecule has 7 heteroatoms. The van der Waals surface area contributed by atoms with Crippen LogP contribution in [-0.4, -0.2) is 28.7 Å². The van der Waals surface area contributed by atoms with Crippen LogP contribution in [-0.2, 0) is 19.0 Å². The van der Waals surface area contributed by atoms with Gasteiger partial charge in [-0.05, 0) is 24.3 Å². The fraction of sp³-hybridized carbons (Fsp3) is 0.333. The van der Waals surface area contributed by atoms with Crippen molar-refractivity contribution in [2.45, 2.75) is 4.90 Å². The molecule has 0 aliphatic rings. The van der Waals surface area contributed by atoms with Gasteiger partial charge in [0.05, 0.1) is 18.1 Å². The van der Waals surface area contributed by atoms with E-state index >= 15 is 0 Å². The largest absolute Gasteiger partial charge is 1.00 e. The monoisotopic (exact) mass is 255 g/mol. The topological polar surface area (TPSA) is 78.6 Å². The number of ether oxygens (including phenoxy) is 1. The summed E-state index contributed by atoms with van der Waals surface area (Å²) in [6.45, 7) is 0.234. The molecule has 0 saturated heterocycles. The van der Waals surface area contributed by atoms with Crippen LogP contribution in [0, 0.1) is 0 Å². The average molecular weight is 255 g/mol. The molecule has 2 N–H and O–H groups in total. The fourth-order valence-electron chi connectivity index (χ4n) is 0.930. The minimum absolute atomic E-state index is 0. The van der Waals surface area contributed by atoms with Crippen molar-refractivity contribution in [2.75, 3.05) is 26.1 Å². The molecule has 86 valence electrons. The SMILES string of the molecule is COCCOS(=O)(=O)c1ccc(N)cc1.[H-].[Na+]. The van der Waals surface area contributed by atoms with Gasteiger partial charge in [-0.15, -0.1) is 0 Å². The second kappa shape index (κ2) is 7.26. The Hall–Kier alpha value is -0.110. The molecule has 0 unspecified atom stereocenters. The summed E-state index contributed by atoms with van der Waals surface area (Å²) >= 11 is 0. The van der Waals surface area contributed by atoms with Crippen LogP contribution in [0.4, 0.5) is 5.69 Å². The van der Waals surface area contributed by atoms with Crippen LogP contribution in [0.3, 0.4) is 0 Å². The molecule has 0 saturated carbocycles. The van der Waals surface area contributed by atoms with Gasteiger partial charge in [-0.1, -0.05) is 0 Å². The smallest absolute Gasteiger partial charge is 1.00 e. The zero-order valence-electron chi connectivity index (χ0n) is 10.3. The van der Waals surface area contributed by atoms with E-state index in [4.69, 9.17) is 9.92 Å². The van der Waals surface area contributed by atoms with E-state index in [0.29, 0.717) is 5.69 Å². The molecule has 5 nitrogen and oxygen atoms in total. The number of methoxy groups -OCH3 is 1. The Bertz CT molecular complexity index is 410. The third kappa shape index (κ3) is 4.82. The van der Waals surface area contributed by atoms with E-state index in [9.17, 15) is 8.42 Å². The molecule has 0 bridgehead atoms. The van der Waals surface area contributed by atoms with Gasteiger partial charge in [0.1, 0.15) is 0 Å².